The van der Waals surface area contributed by atoms with Crippen molar-refractivity contribution in [2.45, 2.75) is 0 Å². The fraction of sp³-hybridized carbons (Fsp3) is 0.118. The van der Waals surface area contributed by atoms with Crippen LogP contribution in [-0.4, -0.2) is 34.7 Å². The first-order chi connectivity index (χ1) is 12.0. The summed E-state index contributed by atoms with van der Waals surface area (Å²) in [5.41, 5.74) is 0.854. The van der Waals surface area contributed by atoms with Gasteiger partial charge in [0.1, 0.15) is 11.5 Å². The molecule has 2 aromatic rings. The molecular formula is C17H16BrFN4O2. The molecule has 130 valence electrons. The third kappa shape index (κ3) is 5.68. The molecule has 0 unspecified atom stereocenters. The van der Waals surface area contributed by atoms with E-state index in [4.69, 9.17) is 0 Å². The van der Waals surface area contributed by atoms with Gasteiger partial charge in [0.2, 0.25) is 11.8 Å². The van der Waals surface area contributed by atoms with Gasteiger partial charge in [-0.3, -0.25) is 9.59 Å². The lowest BCUT2D eigenvalue weighted by atomic mass is 10.2. The summed E-state index contributed by atoms with van der Waals surface area (Å²) in [5, 5.41) is 9.16. The molecule has 0 radical (unpaired) electrons. The third-order valence-electron chi connectivity index (χ3n) is 3.11. The van der Waals surface area contributed by atoms with Gasteiger partial charge < -0.3 is 10.6 Å². The molecule has 0 bridgehead atoms. The Labute approximate surface area is 152 Å². The minimum absolute atomic E-state index is 0.282. The Morgan fingerprint density at radius 3 is 2.60 bits per heavy atom. The van der Waals surface area contributed by atoms with Crippen LogP contribution in [0.15, 0.2) is 53.8 Å². The molecule has 0 fully saturated rings. The smallest absolute Gasteiger partial charge is 0.244 e. The van der Waals surface area contributed by atoms with Gasteiger partial charge in [0.15, 0.2) is 0 Å². The highest BCUT2D eigenvalue weighted by Crippen LogP contribution is 2.17. The zero-order chi connectivity index (χ0) is 18.2. The van der Waals surface area contributed by atoms with Gasteiger partial charge in [0.05, 0.1) is 10.7 Å². The van der Waals surface area contributed by atoms with Gasteiger partial charge in [-0.15, -0.1) is 0 Å². The average Bonchev–Trinajstić information content (AvgIpc) is 3.02. The van der Waals surface area contributed by atoms with Crippen LogP contribution in [0.4, 0.5) is 4.39 Å². The SMILES string of the molecule is C=CC(=O)NCCNC(=O)/C=C/c1ccc(-n2cc(Br)cn2)c(F)c1. The van der Waals surface area contributed by atoms with Gasteiger partial charge in [-0.25, -0.2) is 9.07 Å². The first-order valence-electron chi connectivity index (χ1n) is 7.36. The van der Waals surface area contributed by atoms with E-state index in [2.05, 4.69) is 38.2 Å². The molecule has 0 spiro atoms. The van der Waals surface area contributed by atoms with Crippen LogP contribution >= 0.6 is 15.9 Å². The van der Waals surface area contributed by atoms with Crippen molar-refractivity contribution in [3.63, 3.8) is 0 Å². The van der Waals surface area contributed by atoms with E-state index in [0.717, 1.165) is 10.5 Å². The number of nitrogens with zero attached hydrogens (tertiary/aromatic N) is 2. The minimum atomic E-state index is -0.453. The van der Waals surface area contributed by atoms with Crippen molar-refractivity contribution in [1.29, 1.82) is 0 Å². The molecule has 1 heterocycles. The summed E-state index contributed by atoms with van der Waals surface area (Å²) in [6.07, 6.45) is 7.17. The molecule has 0 saturated heterocycles. The predicted molar refractivity (Wildman–Crippen MR) is 96.5 cm³/mol. The minimum Gasteiger partial charge on any atom is -0.351 e. The van der Waals surface area contributed by atoms with Crippen molar-refractivity contribution in [3.8, 4) is 5.69 Å². The van der Waals surface area contributed by atoms with E-state index < -0.39 is 5.82 Å². The molecule has 0 aliphatic carbocycles. The number of nitrogens with one attached hydrogen (secondary N) is 2. The van der Waals surface area contributed by atoms with Crippen LogP contribution < -0.4 is 10.6 Å². The zero-order valence-corrected chi connectivity index (χ0v) is 14.8. The van der Waals surface area contributed by atoms with Crippen molar-refractivity contribution in [2.75, 3.05) is 13.1 Å². The molecule has 1 aromatic heterocycles. The molecule has 2 rings (SSSR count). The van der Waals surface area contributed by atoms with Gasteiger partial charge in [0, 0.05) is 25.4 Å². The van der Waals surface area contributed by atoms with Crippen LogP contribution in [0, 0.1) is 5.82 Å². The monoisotopic (exact) mass is 406 g/mol. The largest absolute Gasteiger partial charge is 0.351 e. The van der Waals surface area contributed by atoms with Crippen LogP contribution in [0.5, 0.6) is 0 Å². The Bertz CT molecular complexity index is 817. The van der Waals surface area contributed by atoms with E-state index in [1.165, 1.54) is 22.9 Å². The quantitative estimate of drug-likeness (QED) is 0.546. The van der Waals surface area contributed by atoms with Gasteiger partial charge in [-0.2, -0.15) is 5.10 Å². The maximum atomic E-state index is 14.2. The second kappa shape index (κ2) is 8.93. The van der Waals surface area contributed by atoms with Crippen molar-refractivity contribution in [3.05, 3.63) is 65.2 Å². The highest BCUT2D eigenvalue weighted by Gasteiger charge is 2.06. The lowest BCUT2D eigenvalue weighted by Crippen LogP contribution is -2.33. The lowest BCUT2D eigenvalue weighted by Gasteiger charge is -2.04. The molecule has 25 heavy (non-hydrogen) atoms. The molecule has 2 N–H and O–H groups in total. The van der Waals surface area contributed by atoms with Crippen molar-refractivity contribution < 1.29 is 14.0 Å². The van der Waals surface area contributed by atoms with Crippen molar-refractivity contribution in [2.24, 2.45) is 0 Å². The first-order valence-corrected chi connectivity index (χ1v) is 8.15. The second-order valence-electron chi connectivity index (χ2n) is 4.93. The normalized spacial score (nSPS) is 10.6. The number of hydrogen-bond acceptors (Lipinski definition) is 3. The zero-order valence-electron chi connectivity index (χ0n) is 13.2. The van der Waals surface area contributed by atoms with E-state index in [1.807, 2.05) is 0 Å². The molecule has 1 aromatic carbocycles. The fourth-order valence-electron chi connectivity index (χ4n) is 1.92. The summed E-state index contributed by atoms with van der Waals surface area (Å²) in [7, 11) is 0. The topological polar surface area (TPSA) is 76.0 Å². The van der Waals surface area contributed by atoms with E-state index in [9.17, 15) is 14.0 Å². The Hall–Kier alpha value is -2.74. The summed E-state index contributed by atoms with van der Waals surface area (Å²) < 4.78 is 16.3. The van der Waals surface area contributed by atoms with Crippen molar-refractivity contribution >= 4 is 33.8 Å². The molecule has 8 heteroatoms. The van der Waals surface area contributed by atoms with E-state index in [0.29, 0.717) is 17.8 Å². The number of aromatic nitrogens is 2. The van der Waals surface area contributed by atoms with Crippen molar-refractivity contribution in [1.82, 2.24) is 20.4 Å². The van der Waals surface area contributed by atoms with E-state index >= 15 is 0 Å². The number of rotatable bonds is 7. The Kier molecular flexibility index (Phi) is 6.64. The molecule has 0 aliphatic heterocycles. The first kappa shape index (κ1) is 18.6. The summed E-state index contributed by atoms with van der Waals surface area (Å²) >= 11 is 3.26. The molecule has 0 saturated carbocycles. The van der Waals surface area contributed by atoms with Crippen LogP contribution in [-0.2, 0) is 9.59 Å². The number of halogens is 2. The molecule has 6 nitrogen and oxygen atoms in total. The summed E-state index contributed by atoms with van der Waals surface area (Å²) in [6, 6.07) is 4.58. The predicted octanol–water partition coefficient (Wildman–Crippen LogP) is 2.21. The molecule has 0 aliphatic rings. The third-order valence-corrected chi connectivity index (χ3v) is 3.52. The van der Waals surface area contributed by atoms with Gasteiger partial charge in [-0.1, -0.05) is 12.6 Å². The lowest BCUT2D eigenvalue weighted by molar-refractivity contribution is -0.118. The van der Waals surface area contributed by atoms with Crippen LogP contribution in [0.2, 0.25) is 0 Å². The summed E-state index contributed by atoms with van der Waals surface area (Å²) in [4.78, 5) is 22.6. The highest BCUT2D eigenvalue weighted by atomic mass is 79.9. The highest BCUT2D eigenvalue weighted by molar-refractivity contribution is 9.10. The van der Waals surface area contributed by atoms with E-state index in [-0.39, 0.29) is 18.4 Å². The maximum Gasteiger partial charge on any atom is 0.244 e. The van der Waals surface area contributed by atoms with Crippen LogP contribution in [0.1, 0.15) is 5.56 Å². The number of benzene rings is 1. The fourth-order valence-corrected chi connectivity index (χ4v) is 2.21. The van der Waals surface area contributed by atoms with Gasteiger partial charge in [0.25, 0.3) is 0 Å². The Balaban J connectivity index is 1.90. The Morgan fingerprint density at radius 2 is 2.00 bits per heavy atom. The Morgan fingerprint density at radius 1 is 1.28 bits per heavy atom. The molecule has 0 atom stereocenters. The number of hydrogen-bond donors (Lipinski definition) is 2. The molecular weight excluding hydrogens is 391 g/mol. The number of amides is 2. The van der Waals surface area contributed by atoms with Crippen LogP contribution in [0.3, 0.4) is 0 Å². The van der Waals surface area contributed by atoms with E-state index in [1.54, 1.807) is 24.5 Å². The maximum absolute atomic E-state index is 14.2. The standard InChI is InChI=1S/C17H16BrFN4O2/c1-2-16(24)20-7-8-21-17(25)6-4-12-3-5-15(14(19)9-12)23-11-13(18)10-22-23/h2-6,9-11H,1,7-8H2,(H,20,24)(H,21,25)/b6-4+. The summed E-state index contributed by atoms with van der Waals surface area (Å²) in [6.45, 7) is 3.90. The summed E-state index contributed by atoms with van der Waals surface area (Å²) in [5.74, 6) is -1.09. The van der Waals surface area contributed by atoms with Gasteiger partial charge >= 0.3 is 0 Å². The van der Waals surface area contributed by atoms with Crippen LogP contribution in [0.25, 0.3) is 11.8 Å². The average molecular weight is 407 g/mol. The van der Waals surface area contributed by atoms with Gasteiger partial charge in [-0.05, 0) is 45.8 Å². The molecule has 2 amide bonds. The second-order valence-corrected chi connectivity index (χ2v) is 5.85. The number of carbonyl (C=O) groups excluding carboxylic acids is 2. The number of carbonyl (C=O) groups is 2.